The van der Waals surface area contributed by atoms with Crippen LogP contribution in [0.1, 0.15) is 37.9 Å². The summed E-state index contributed by atoms with van der Waals surface area (Å²) in [6.45, 7) is 7.26. The Morgan fingerprint density at radius 2 is 2.00 bits per heavy atom. The fourth-order valence-corrected chi connectivity index (χ4v) is 2.05. The lowest BCUT2D eigenvalue weighted by atomic mass is 9.87. The first-order valence-electron chi connectivity index (χ1n) is 5.63. The maximum Gasteiger partial charge on any atom is 0.275 e. The van der Waals surface area contributed by atoms with Gasteiger partial charge in [-0.1, -0.05) is 13.8 Å². The number of rotatable bonds is 4. The molecule has 0 aliphatic heterocycles. The van der Waals surface area contributed by atoms with Crippen LogP contribution in [-0.4, -0.2) is 21.1 Å². The molecular formula is C12H18N2O3. The molecule has 0 fully saturated rings. The molecule has 5 heteroatoms. The Kier molecular flexibility index (Phi) is 4.17. The Morgan fingerprint density at radius 3 is 2.41 bits per heavy atom. The molecule has 5 nitrogen and oxygen atoms in total. The van der Waals surface area contributed by atoms with Gasteiger partial charge in [-0.05, 0) is 19.8 Å². The normalized spacial score (nSPS) is 14.7. The average molecular weight is 238 g/mol. The topological polar surface area (TPSA) is 76.3 Å². The second-order valence-corrected chi connectivity index (χ2v) is 4.66. The Morgan fingerprint density at radius 1 is 1.41 bits per heavy atom. The maximum atomic E-state index is 10.9. The van der Waals surface area contributed by atoms with E-state index in [4.69, 9.17) is 0 Å². The van der Waals surface area contributed by atoms with Crippen LogP contribution >= 0.6 is 0 Å². The number of aliphatic hydroxyl groups is 1. The van der Waals surface area contributed by atoms with E-state index in [0.717, 1.165) is 0 Å². The van der Waals surface area contributed by atoms with Gasteiger partial charge in [-0.3, -0.25) is 15.1 Å². The van der Waals surface area contributed by atoms with E-state index in [1.165, 1.54) is 12.3 Å². The zero-order valence-corrected chi connectivity index (χ0v) is 10.5. The molecule has 2 unspecified atom stereocenters. The van der Waals surface area contributed by atoms with Crippen molar-refractivity contribution in [1.82, 2.24) is 4.98 Å². The lowest BCUT2D eigenvalue weighted by molar-refractivity contribution is -0.385. The van der Waals surface area contributed by atoms with Crippen LogP contribution in [0.4, 0.5) is 5.69 Å². The van der Waals surface area contributed by atoms with Gasteiger partial charge >= 0.3 is 0 Å². The number of hydrogen-bond acceptors (Lipinski definition) is 4. The van der Waals surface area contributed by atoms with Crippen LogP contribution in [0.15, 0.2) is 12.3 Å². The van der Waals surface area contributed by atoms with E-state index in [1.54, 1.807) is 13.8 Å². The Balaban J connectivity index is 3.22. The Bertz CT molecular complexity index is 408. The van der Waals surface area contributed by atoms with E-state index in [9.17, 15) is 15.2 Å². The summed E-state index contributed by atoms with van der Waals surface area (Å²) in [5, 5.41) is 20.6. The SMILES string of the molecule is Cc1cnc(C(C(C)C)C(C)O)cc1[N+](=O)[O-]. The minimum atomic E-state index is -0.579. The number of nitrogens with zero attached hydrogens (tertiary/aromatic N) is 2. The van der Waals surface area contributed by atoms with E-state index >= 15 is 0 Å². The number of nitro groups is 1. The van der Waals surface area contributed by atoms with Gasteiger partial charge in [0.15, 0.2) is 0 Å². The highest BCUT2D eigenvalue weighted by Gasteiger charge is 2.25. The number of hydrogen-bond donors (Lipinski definition) is 1. The lowest BCUT2D eigenvalue weighted by Crippen LogP contribution is -2.21. The molecule has 94 valence electrons. The molecule has 2 atom stereocenters. The lowest BCUT2D eigenvalue weighted by Gasteiger charge is -2.23. The minimum absolute atomic E-state index is 0.0568. The van der Waals surface area contributed by atoms with Gasteiger partial charge < -0.3 is 5.11 Å². The Hall–Kier alpha value is -1.49. The van der Waals surface area contributed by atoms with Crippen LogP contribution in [-0.2, 0) is 0 Å². The number of pyridine rings is 1. The molecule has 0 aromatic carbocycles. The minimum Gasteiger partial charge on any atom is -0.393 e. The summed E-state index contributed by atoms with van der Waals surface area (Å²) in [5.41, 5.74) is 1.17. The van der Waals surface area contributed by atoms with Crippen molar-refractivity contribution in [2.45, 2.75) is 39.7 Å². The smallest absolute Gasteiger partial charge is 0.275 e. The van der Waals surface area contributed by atoms with Crippen LogP contribution in [0.25, 0.3) is 0 Å². The quantitative estimate of drug-likeness (QED) is 0.645. The standard InChI is InChI=1S/C12H18N2O3/c1-7(2)12(9(4)15)10-5-11(14(16)17)8(3)6-13-10/h5-7,9,12,15H,1-4H3. The maximum absolute atomic E-state index is 10.9. The molecule has 1 heterocycles. The molecule has 0 bridgehead atoms. The van der Waals surface area contributed by atoms with Gasteiger partial charge in [-0.15, -0.1) is 0 Å². The van der Waals surface area contributed by atoms with Crippen molar-refractivity contribution in [2.24, 2.45) is 5.92 Å². The summed E-state index contributed by atoms with van der Waals surface area (Å²) in [6.07, 6.45) is 0.912. The first-order chi connectivity index (χ1) is 7.84. The van der Waals surface area contributed by atoms with Crippen LogP contribution in [0.5, 0.6) is 0 Å². The zero-order chi connectivity index (χ0) is 13.2. The van der Waals surface area contributed by atoms with E-state index in [0.29, 0.717) is 11.3 Å². The van der Waals surface area contributed by atoms with Crippen molar-refractivity contribution < 1.29 is 10.0 Å². The van der Waals surface area contributed by atoms with Crippen molar-refractivity contribution in [3.8, 4) is 0 Å². The summed E-state index contributed by atoms with van der Waals surface area (Å²) in [4.78, 5) is 14.6. The second kappa shape index (κ2) is 5.23. The molecule has 0 spiro atoms. The van der Waals surface area contributed by atoms with Gasteiger partial charge in [0.05, 0.1) is 16.7 Å². The summed E-state index contributed by atoms with van der Waals surface area (Å²) < 4.78 is 0. The molecule has 1 N–H and O–H groups in total. The fourth-order valence-electron chi connectivity index (χ4n) is 2.05. The summed E-state index contributed by atoms with van der Waals surface area (Å²) in [6, 6.07) is 1.46. The van der Waals surface area contributed by atoms with Crippen molar-refractivity contribution in [3.05, 3.63) is 33.6 Å². The predicted molar refractivity (Wildman–Crippen MR) is 64.9 cm³/mol. The molecule has 1 aromatic rings. The summed E-state index contributed by atoms with van der Waals surface area (Å²) >= 11 is 0. The number of aromatic nitrogens is 1. The highest BCUT2D eigenvalue weighted by molar-refractivity contribution is 5.39. The van der Waals surface area contributed by atoms with Gasteiger partial charge in [0.1, 0.15) is 0 Å². The van der Waals surface area contributed by atoms with Crippen molar-refractivity contribution >= 4 is 5.69 Å². The van der Waals surface area contributed by atoms with Gasteiger partial charge in [0, 0.05) is 23.7 Å². The molecular weight excluding hydrogens is 220 g/mol. The molecule has 0 aliphatic carbocycles. The summed E-state index contributed by atoms with van der Waals surface area (Å²) in [7, 11) is 0. The molecule has 0 saturated heterocycles. The fraction of sp³-hybridized carbons (Fsp3) is 0.583. The zero-order valence-electron chi connectivity index (χ0n) is 10.5. The van der Waals surface area contributed by atoms with Gasteiger partial charge in [-0.25, -0.2) is 0 Å². The third-order valence-corrected chi connectivity index (χ3v) is 2.87. The van der Waals surface area contributed by atoms with Gasteiger partial charge in [0.2, 0.25) is 0 Å². The molecule has 17 heavy (non-hydrogen) atoms. The molecule has 0 aliphatic rings. The Labute approximate surface area is 101 Å². The second-order valence-electron chi connectivity index (χ2n) is 4.66. The summed E-state index contributed by atoms with van der Waals surface area (Å²) in [5.74, 6) is -0.0147. The van der Waals surface area contributed by atoms with Crippen LogP contribution in [0.2, 0.25) is 0 Å². The van der Waals surface area contributed by atoms with E-state index in [1.807, 2.05) is 13.8 Å². The average Bonchev–Trinajstić information content (AvgIpc) is 2.19. The van der Waals surface area contributed by atoms with Crippen molar-refractivity contribution in [1.29, 1.82) is 0 Å². The molecule has 0 saturated carbocycles. The van der Waals surface area contributed by atoms with E-state index in [-0.39, 0.29) is 17.5 Å². The van der Waals surface area contributed by atoms with Crippen LogP contribution in [0.3, 0.4) is 0 Å². The largest absolute Gasteiger partial charge is 0.393 e. The predicted octanol–water partition coefficient (Wildman–Crippen LogP) is 2.42. The van der Waals surface area contributed by atoms with Gasteiger partial charge in [-0.2, -0.15) is 0 Å². The van der Waals surface area contributed by atoms with Gasteiger partial charge in [0.25, 0.3) is 5.69 Å². The monoisotopic (exact) mass is 238 g/mol. The van der Waals surface area contributed by atoms with Crippen molar-refractivity contribution in [3.63, 3.8) is 0 Å². The van der Waals surface area contributed by atoms with E-state index < -0.39 is 11.0 Å². The molecule has 0 amide bonds. The third kappa shape index (κ3) is 3.00. The highest BCUT2D eigenvalue weighted by Crippen LogP contribution is 2.29. The molecule has 1 aromatic heterocycles. The van der Waals surface area contributed by atoms with Crippen LogP contribution < -0.4 is 0 Å². The first-order valence-corrected chi connectivity index (χ1v) is 5.63. The highest BCUT2D eigenvalue weighted by atomic mass is 16.6. The van der Waals surface area contributed by atoms with E-state index in [2.05, 4.69) is 4.98 Å². The number of aliphatic hydroxyl groups excluding tert-OH is 1. The van der Waals surface area contributed by atoms with Crippen LogP contribution in [0, 0.1) is 23.0 Å². The number of aryl methyl sites for hydroxylation is 1. The van der Waals surface area contributed by atoms with Crippen molar-refractivity contribution in [2.75, 3.05) is 0 Å². The molecule has 0 radical (unpaired) electrons. The third-order valence-electron chi connectivity index (χ3n) is 2.87. The first kappa shape index (κ1) is 13.6. The molecule has 1 rings (SSSR count).